The molecule has 1 fully saturated rings. The number of nitrogens with two attached hydrogens (primary N) is 1. The number of rotatable bonds is 2. The van der Waals surface area contributed by atoms with E-state index in [1.165, 1.54) is 0 Å². The van der Waals surface area contributed by atoms with E-state index in [1.54, 1.807) is 12.1 Å². The van der Waals surface area contributed by atoms with Crippen molar-refractivity contribution in [3.63, 3.8) is 0 Å². The highest BCUT2D eigenvalue weighted by atomic mass is 35.5. The van der Waals surface area contributed by atoms with Crippen molar-refractivity contribution in [3.8, 4) is 11.4 Å². The quantitative estimate of drug-likeness (QED) is 0.912. The minimum Gasteiger partial charge on any atom is -0.381 e. The number of nitrogens with zero attached hydrogens (tertiary/aromatic N) is 2. The highest BCUT2D eigenvalue weighted by Crippen LogP contribution is 2.26. The smallest absolute Gasteiger partial charge is 0.233 e. The van der Waals surface area contributed by atoms with E-state index in [9.17, 15) is 0 Å². The maximum atomic E-state index is 6.05. The van der Waals surface area contributed by atoms with Gasteiger partial charge in [-0.05, 0) is 18.6 Å². The van der Waals surface area contributed by atoms with Gasteiger partial charge in [0.25, 0.3) is 0 Å². The molecule has 2 aromatic rings. The SMILES string of the molecule is NC1CCOCC1c1nc(-c2cccc(Cl)c2)no1. The summed E-state index contributed by atoms with van der Waals surface area (Å²) in [5.74, 6) is 1.02. The summed E-state index contributed by atoms with van der Waals surface area (Å²) >= 11 is 5.95. The van der Waals surface area contributed by atoms with Crippen LogP contribution in [0.2, 0.25) is 5.02 Å². The third kappa shape index (κ3) is 2.63. The van der Waals surface area contributed by atoms with Gasteiger partial charge in [-0.2, -0.15) is 4.98 Å². The number of hydrogen-bond acceptors (Lipinski definition) is 5. The van der Waals surface area contributed by atoms with Crippen molar-refractivity contribution < 1.29 is 9.26 Å². The van der Waals surface area contributed by atoms with Gasteiger partial charge in [-0.15, -0.1) is 0 Å². The predicted molar refractivity (Wildman–Crippen MR) is 70.9 cm³/mol. The maximum Gasteiger partial charge on any atom is 0.233 e. The number of benzene rings is 1. The van der Waals surface area contributed by atoms with Crippen LogP contribution in [0.15, 0.2) is 28.8 Å². The van der Waals surface area contributed by atoms with Gasteiger partial charge < -0.3 is 15.0 Å². The molecule has 2 unspecified atom stereocenters. The van der Waals surface area contributed by atoms with Crippen LogP contribution in [0.4, 0.5) is 0 Å². The summed E-state index contributed by atoms with van der Waals surface area (Å²) in [7, 11) is 0. The van der Waals surface area contributed by atoms with Crippen molar-refractivity contribution in [2.24, 2.45) is 5.73 Å². The van der Waals surface area contributed by atoms with Gasteiger partial charge in [0.05, 0.1) is 12.5 Å². The van der Waals surface area contributed by atoms with Crippen molar-refractivity contribution in [1.29, 1.82) is 0 Å². The van der Waals surface area contributed by atoms with Gasteiger partial charge in [0.2, 0.25) is 11.7 Å². The van der Waals surface area contributed by atoms with Crippen molar-refractivity contribution in [2.75, 3.05) is 13.2 Å². The lowest BCUT2D eigenvalue weighted by molar-refractivity contribution is 0.0590. The summed E-state index contributed by atoms with van der Waals surface area (Å²) in [6.45, 7) is 1.21. The molecule has 1 aromatic carbocycles. The van der Waals surface area contributed by atoms with Gasteiger partial charge >= 0.3 is 0 Å². The maximum absolute atomic E-state index is 6.05. The summed E-state index contributed by atoms with van der Waals surface area (Å²) in [5.41, 5.74) is 6.88. The first-order valence-electron chi connectivity index (χ1n) is 6.17. The Bertz CT molecular complexity index is 573. The molecular weight excluding hydrogens is 266 g/mol. The molecule has 0 aliphatic carbocycles. The Morgan fingerprint density at radius 1 is 1.37 bits per heavy atom. The summed E-state index contributed by atoms with van der Waals surface area (Å²) < 4.78 is 10.7. The van der Waals surface area contributed by atoms with Crippen molar-refractivity contribution >= 4 is 11.6 Å². The summed E-state index contributed by atoms with van der Waals surface area (Å²) in [6.07, 6.45) is 0.805. The van der Waals surface area contributed by atoms with Crippen molar-refractivity contribution in [2.45, 2.75) is 18.4 Å². The molecule has 0 saturated carbocycles. The molecule has 5 nitrogen and oxygen atoms in total. The molecule has 1 aliphatic heterocycles. The molecule has 1 saturated heterocycles. The van der Waals surface area contributed by atoms with E-state index in [-0.39, 0.29) is 12.0 Å². The second-order valence-electron chi connectivity index (χ2n) is 4.60. The third-order valence-corrected chi connectivity index (χ3v) is 3.49. The molecule has 1 aromatic heterocycles. The molecule has 0 spiro atoms. The molecule has 0 amide bonds. The minimum absolute atomic E-state index is 0.00131. The summed E-state index contributed by atoms with van der Waals surface area (Å²) in [5, 5.41) is 4.62. The van der Waals surface area contributed by atoms with Crippen LogP contribution in [0.3, 0.4) is 0 Å². The molecular formula is C13H14ClN3O2. The Morgan fingerprint density at radius 2 is 2.26 bits per heavy atom. The number of ether oxygens (including phenoxy) is 1. The van der Waals surface area contributed by atoms with Crippen LogP contribution in [-0.2, 0) is 4.74 Å². The zero-order chi connectivity index (χ0) is 13.2. The second-order valence-corrected chi connectivity index (χ2v) is 5.04. The lowest BCUT2D eigenvalue weighted by Gasteiger charge is -2.25. The third-order valence-electron chi connectivity index (χ3n) is 3.25. The van der Waals surface area contributed by atoms with Crippen LogP contribution in [0.1, 0.15) is 18.2 Å². The van der Waals surface area contributed by atoms with Crippen LogP contribution in [0, 0.1) is 0 Å². The number of aromatic nitrogens is 2. The van der Waals surface area contributed by atoms with Gasteiger partial charge in [0.15, 0.2) is 0 Å². The lowest BCUT2D eigenvalue weighted by Crippen LogP contribution is -2.37. The lowest BCUT2D eigenvalue weighted by atomic mass is 9.97. The second kappa shape index (κ2) is 5.28. The topological polar surface area (TPSA) is 74.2 Å². The number of halogens is 1. The van der Waals surface area contributed by atoms with Gasteiger partial charge in [0.1, 0.15) is 0 Å². The highest BCUT2D eigenvalue weighted by Gasteiger charge is 2.29. The van der Waals surface area contributed by atoms with Crippen molar-refractivity contribution in [3.05, 3.63) is 35.2 Å². The molecule has 3 rings (SSSR count). The number of hydrogen-bond donors (Lipinski definition) is 1. The zero-order valence-corrected chi connectivity index (χ0v) is 11.0. The molecule has 2 heterocycles. The first kappa shape index (κ1) is 12.6. The molecule has 19 heavy (non-hydrogen) atoms. The first-order valence-corrected chi connectivity index (χ1v) is 6.55. The van der Waals surface area contributed by atoms with Crippen LogP contribution >= 0.6 is 11.6 Å². The van der Waals surface area contributed by atoms with Crippen molar-refractivity contribution in [1.82, 2.24) is 10.1 Å². The Labute approximate surface area is 115 Å². The van der Waals surface area contributed by atoms with E-state index in [4.69, 9.17) is 26.6 Å². The van der Waals surface area contributed by atoms with E-state index >= 15 is 0 Å². The normalized spacial score (nSPS) is 23.5. The van der Waals surface area contributed by atoms with Gasteiger partial charge in [-0.25, -0.2) is 0 Å². The summed E-state index contributed by atoms with van der Waals surface area (Å²) in [4.78, 5) is 4.40. The molecule has 2 N–H and O–H groups in total. The van der Waals surface area contributed by atoms with E-state index in [1.807, 2.05) is 12.1 Å². The molecule has 1 aliphatic rings. The fourth-order valence-corrected chi connectivity index (χ4v) is 2.33. The van der Waals surface area contributed by atoms with Gasteiger partial charge in [-0.3, -0.25) is 0 Å². The molecule has 2 atom stereocenters. The zero-order valence-electron chi connectivity index (χ0n) is 10.3. The average molecular weight is 280 g/mol. The first-order chi connectivity index (χ1) is 9.24. The van der Waals surface area contributed by atoms with Crippen LogP contribution in [0.5, 0.6) is 0 Å². The van der Waals surface area contributed by atoms with E-state index in [0.29, 0.717) is 30.0 Å². The van der Waals surface area contributed by atoms with E-state index < -0.39 is 0 Å². The van der Waals surface area contributed by atoms with Gasteiger partial charge in [0, 0.05) is 23.2 Å². The minimum atomic E-state index is -0.0332. The molecule has 0 radical (unpaired) electrons. The Balaban J connectivity index is 1.86. The van der Waals surface area contributed by atoms with Crippen LogP contribution in [-0.4, -0.2) is 29.4 Å². The Morgan fingerprint density at radius 3 is 3.05 bits per heavy atom. The van der Waals surface area contributed by atoms with Crippen LogP contribution < -0.4 is 5.73 Å². The fraction of sp³-hybridized carbons (Fsp3) is 0.385. The summed E-state index contributed by atoms with van der Waals surface area (Å²) in [6, 6.07) is 7.34. The van der Waals surface area contributed by atoms with E-state index in [2.05, 4.69) is 10.1 Å². The standard InChI is InChI=1S/C13H14ClN3O2/c14-9-3-1-2-8(6-9)12-16-13(19-17-12)10-7-18-5-4-11(10)15/h1-3,6,10-11H,4-5,7,15H2. The van der Waals surface area contributed by atoms with Gasteiger partial charge in [-0.1, -0.05) is 28.9 Å². The highest BCUT2D eigenvalue weighted by molar-refractivity contribution is 6.30. The molecule has 100 valence electrons. The fourth-order valence-electron chi connectivity index (χ4n) is 2.14. The van der Waals surface area contributed by atoms with E-state index in [0.717, 1.165) is 12.0 Å². The Kier molecular flexibility index (Phi) is 3.50. The largest absolute Gasteiger partial charge is 0.381 e. The molecule has 0 bridgehead atoms. The Hall–Kier alpha value is -1.43. The average Bonchev–Trinajstić information content (AvgIpc) is 2.89. The van der Waals surface area contributed by atoms with Crippen LogP contribution in [0.25, 0.3) is 11.4 Å². The monoisotopic (exact) mass is 279 g/mol. The predicted octanol–water partition coefficient (Wildman–Crippen LogP) is 2.22. The molecule has 6 heteroatoms.